The lowest BCUT2D eigenvalue weighted by Gasteiger charge is -2.16. The van der Waals surface area contributed by atoms with Crippen LogP contribution in [0.1, 0.15) is 23.4 Å². The van der Waals surface area contributed by atoms with Gasteiger partial charge in [0.2, 0.25) is 5.91 Å². The predicted molar refractivity (Wildman–Crippen MR) is 68.0 cm³/mol. The Balaban J connectivity index is 1.80. The number of nitrogens with zero attached hydrogens (tertiary/aromatic N) is 1. The van der Waals surface area contributed by atoms with Gasteiger partial charge in [0.05, 0.1) is 18.2 Å². The molecular weight excluding hydrogens is 264 g/mol. The molecule has 1 heterocycles. The highest BCUT2D eigenvalue weighted by atomic mass is 16.4. The van der Waals surface area contributed by atoms with E-state index in [0.29, 0.717) is 12.8 Å². The molecule has 0 aliphatic heterocycles. The van der Waals surface area contributed by atoms with Gasteiger partial charge in [-0.2, -0.15) is 0 Å². The van der Waals surface area contributed by atoms with E-state index in [1.165, 1.54) is 24.3 Å². The number of rotatable bonds is 6. The first-order valence-corrected chi connectivity index (χ1v) is 6.24. The van der Waals surface area contributed by atoms with Crippen molar-refractivity contribution in [3.05, 3.63) is 24.2 Å². The molecule has 1 aliphatic carbocycles. The molecule has 20 heavy (non-hydrogen) atoms. The van der Waals surface area contributed by atoms with Crippen molar-refractivity contribution in [1.29, 1.82) is 0 Å². The molecule has 0 spiro atoms. The molecule has 1 aromatic rings. The van der Waals surface area contributed by atoms with Gasteiger partial charge in [0, 0.05) is 13.6 Å². The Morgan fingerprint density at radius 2 is 2.15 bits per heavy atom. The number of carboxylic acid groups (broad SMARTS) is 1. The Kier molecular flexibility index (Phi) is 3.78. The van der Waals surface area contributed by atoms with E-state index in [-0.39, 0.29) is 24.8 Å². The first kappa shape index (κ1) is 14.1. The van der Waals surface area contributed by atoms with Gasteiger partial charge in [-0.25, -0.2) is 0 Å². The number of carboxylic acids is 1. The highest BCUT2D eigenvalue weighted by Crippen LogP contribution is 2.45. The van der Waals surface area contributed by atoms with Crippen LogP contribution in [0.5, 0.6) is 0 Å². The SMILES string of the molecule is CN(CC(=O)NCC1(C(=O)O)CC1)C(=O)c1ccco1. The molecule has 0 bridgehead atoms. The van der Waals surface area contributed by atoms with Gasteiger partial charge in [0.25, 0.3) is 5.91 Å². The number of hydrogen-bond acceptors (Lipinski definition) is 4. The van der Waals surface area contributed by atoms with Crippen molar-refractivity contribution >= 4 is 17.8 Å². The topological polar surface area (TPSA) is 99.9 Å². The van der Waals surface area contributed by atoms with E-state index in [1.54, 1.807) is 6.07 Å². The molecule has 0 unspecified atom stereocenters. The van der Waals surface area contributed by atoms with Crippen LogP contribution in [0.15, 0.2) is 22.8 Å². The molecule has 108 valence electrons. The molecule has 0 saturated heterocycles. The number of aliphatic carboxylic acids is 1. The van der Waals surface area contributed by atoms with E-state index in [2.05, 4.69) is 5.32 Å². The number of amides is 2. The molecule has 1 saturated carbocycles. The van der Waals surface area contributed by atoms with Gasteiger partial charge in [-0.05, 0) is 25.0 Å². The normalized spacial score (nSPS) is 15.4. The summed E-state index contributed by atoms with van der Waals surface area (Å²) in [6.07, 6.45) is 2.53. The lowest BCUT2D eigenvalue weighted by atomic mass is 10.1. The third-order valence-corrected chi connectivity index (χ3v) is 3.39. The largest absolute Gasteiger partial charge is 0.481 e. The van der Waals surface area contributed by atoms with Crippen LogP contribution in [0.25, 0.3) is 0 Å². The summed E-state index contributed by atoms with van der Waals surface area (Å²) in [6.45, 7) is -0.0425. The van der Waals surface area contributed by atoms with Gasteiger partial charge in [-0.15, -0.1) is 0 Å². The zero-order valence-corrected chi connectivity index (χ0v) is 11.1. The molecule has 1 aromatic heterocycles. The summed E-state index contributed by atoms with van der Waals surface area (Å²) in [5.41, 5.74) is -0.806. The van der Waals surface area contributed by atoms with Crippen LogP contribution < -0.4 is 5.32 Å². The van der Waals surface area contributed by atoms with Crippen molar-refractivity contribution in [3.63, 3.8) is 0 Å². The maximum Gasteiger partial charge on any atom is 0.311 e. The molecule has 1 fully saturated rings. The van der Waals surface area contributed by atoms with E-state index >= 15 is 0 Å². The second kappa shape index (κ2) is 5.36. The summed E-state index contributed by atoms with van der Waals surface area (Å²) >= 11 is 0. The molecular formula is C13H16N2O5. The first-order chi connectivity index (χ1) is 9.44. The lowest BCUT2D eigenvalue weighted by molar-refractivity contribution is -0.143. The van der Waals surface area contributed by atoms with E-state index in [1.807, 2.05) is 0 Å². The molecule has 2 N–H and O–H groups in total. The van der Waals surface area contributed by atoms with Gasteiger partial charge in [0.15, 0.2) is 5.76 Å². The number of furan rings is 1. The van der Waals surface area contributed by atoms with Crippen LogP contribution in [-0.2, 0) is 9.59 Å². The number of carbonyl (C=O) groups excluding carboxylic acids is 2. The van der Waals surface area contributed by atoms with Crippen LogP contribution in [0.4, 0.5) is 0 Å². The highest BCUT2D eigenvalue weighted by molar-refractivity contribution is 5.94. The van der Waals surface area contributed by atoms with E-state index in [9.17, 15) is 14.4 Å². The molecule has 1 aliphatic rings. The second-order valence-electron chi connectivity index (χ2n) is 5.00. The number of likely N-dealkylation sites (N-methyl/N-ethyl adjacent to an activating group) is 1. The lowest BCUT2D eigenvalue weighted by Crippen LogP contribution is -2.41. The average molecular weight is 280 g/mol. The van der Waals surface area contributed by atoms with E-state index < -0.39 is 17.3 Å². The minimum absolute atomic E-state index is 0.101. The van der Waals surface area contributed by atoms with Gasteiger partial charge in [-0.3, -0.25) is 14.4 Å². The van der Waals surface area contributed by atoms with Crippen LogP contribution in [0, 0.1) is 5.41 Å². The fraction of sp³-hybridized carbons (Fsp3) is 0.462. The van der Waals surface area contributed by atoms with Crippen molar-refractivity contribution in [2.24, 2.45) is 5.41 Å². The standard InChI is InChI=1S/C13H16N2O5/c1-15(11(17)9-3-2-6-20-9)7-10(16)14-8-13(4-5-13)12(18)19/h2-3,6H,4-5,7-8H2,1H3,(H,14,16)(H,18,19). The van der Waals surface area contributed by atoms with Crippen LogP contribution in [-0.4, -0.2) is 47.9 Å². The van der Waals surface area contributed by atoms with Crippen LogP contribution >= 0.6 is 0 Å². The Morgan fingerprint density at radius 1 is 1.45 bits per heavy atom. The Bertz CT molecular complexity index is 519. The Morgan fingerprint density at radius 3 is 2.65 bits per heavy atom. The van der Waals surface area contributed by atoms with Crippen molar-refractivity contribution in [2.45, 2.75) is 12.8 Å². The van der Waals surface area contributed by atoms with Gasteiger partial charge < -0.3 is 19.7 Å². The van der Waals surface area contributed by atoms with Crippen molar-refractivity contribution in [1.82, 2.24) is 10.2 Å². The van der Waals surface area contributed by atoms with Crippen molar-refractivity contribution < 1.29 is 23.9 Å². The smallest absolute Gasteiger partial charge is 0.311 e. The third-order valence-electron chi connectivity index (χ3n) is 3.39. The van der Waals surface area contributed by atoms with Gasteiger partial charge in [-0.1, -0.05) is 0 Å². The molecule has 2 rings (SSSR count). The highest BCUT2D eigenvalue weighted by Gasteiger charge is 2.50. The maximum atomic E-state index is 11.8. The second-order valence-corrected chi connectivity index (χ2v) is 5.00. The molecule has 0 atom stereocenters. The molecule has 7 heteroatoms. The minimum Gasteiger partial charge on any atom is -0.481 e. The summed E-state index contributed by atoms with van der Waals surface area (Å²) in [5.74, 6) is -1.52. The zero-order valence-electron chi connectivity index (χ0n) is 11.1. The van der Waals surface area contributed by atoms with Crippen LogP contribution in [0.3, 0.4) is 0 Å². The maximum absolute atomic E-state index is 11.8. The monoisotopic (exact) mass is 280 g/mol. The molecule has 0 radical (unpaired) electrons. The van der Waals surface area contributed by atoms with Crippen molar-refractivity contribution in [2.75, 3.05) is 20.1 Å². The zero-order chi connectivity index (χ0) is 14.8. The Labute approximate surface area is 115 Å². The quantitative estimate of drug-likeness (QED) is 0.782. The van der Waals surface area contributed by atoms with Crippen LogP contribution in [0.2, 0.25) is 0 Å². The number of carbonyl (C=O) groups is 3. The molecule has 7 nitrogen and oxygen atoms in total. The predicted octanol–water partition coefficient (Wildman–Crippen LogP) is 0.333. The van der Waals surface area contributed by atoms with Crippen molar-refractivity contribution in [3.8, 4) is 0 Å². The molecule has 2 amide bonds. The summed E-state index contributed by atoms with van der Waals surface area (Å²) in [5, 5.41) is 11.5. The minimum atomic E-state index is -0.891. The number of nitrogens with one attached hydrogen (secondary N) is 1. The third kappa shape index (κ3) is 2.98. The summed E-state index contributed by atoms with van der Waals surface area (Å²) in [6, 6.07) is 3.10. The fourth-order valence-corrected chi connectivity index (χ4v) is 1.82. The average Bonchev–Trinajstić information content (AvgIpc) is 3.01. The number of hydrogen-bond donors (Lipinski definition) is 2. The van der Waals surface area contributed by atoms with Gasteiger partial charge >= 0.3 is 5.97 Å². The summed E-state index contributed by atoms with van der Waals surface area (Å²) < 4.78 is 4.95. The van der Waals surface area contributed by atoms with E-state index in [4.69, 9.17) is 9.52 Å². The fourth-order valence-electron chi connectivity index (χ4n) is 1.82. The van der Waals surface area contributed by atoms with Gasteiger partial charge in [0.1, 0.15) is 0 Å². The summed E-state index contributed by atoms with van der Waals surface area (Å²) in [7, 11) is 1.48. The van der Waals surface area contributed by atoms with E-state index in [0.717, 1.165) is 0 Å². The first-order valence-electron chi connectivity index (χ1n) is 6.24. The molecule has 0 aromatic carbocycles. The Hall–Kier alpha value is -2.31. The summed E-state index contributed by atoms with van der Waals surface area (Å²) in [4.78, 5) is 35.7.